The third-order valence-electron chi connectivity index (χ3n) is 2.24. The van der Waals surface area contributed by atoms with Crippen molar-refractivity contribution < 1.29 is 14.6 Å². The number of benzene rings is 1. The lowest BCUT2D eigenvalue weighted by Crippen LogP contribution is -2.28. The molecule has 0 aliphatic carbocycles. The number of aryl methyl sites for hydroxylation is 1. The van der Waals surface area contributed by atoms with E-state index in [1.807, 2.05) is 20.8 Å². The highest BCUT2D eigenvalue weighted by Gasteiger charge is 2.10. The number of rotatable bonds is 5. The van der Waals surface area contributed by atoms with E-state index in [0.717, 1.165) is 5.56 Å². The van der Waals surface area contributed by atoms with Crippen molar-refractivity contribution in [3.8, 4) is 5.75 Å². The highest BCUT2D eigenvalue weighted by Crippen LogP contribution is 2.17. The van der Waals surface area contributed by atoms with Crippen LogP contribution in [0, 0.1) is 6.92 Å². The van der Waals surface area contributed by atoms with Gasteiger partial charge < -0.3 is 15.2 Å². The molecule has 4 nitrogen and oxygen atoms in total. The van der Waals surface area contributed by atoms with E-state index in [2.05, 4.69) is 5.32 Å². The Kier molecular flexibility index (Phi) is 4.97. The molecule has 1 rings (SSSR count). The molecule has 0 saturated heterocycles. The zero-order valence-electron chi connectivity index (χ0n) is 10.5. The Bertz CT molecular complexity index is 388. The van der Waals surface area contributed by atoms with Crippen LogP contribution in [0.2, 0.25) is 0 Å². The zero-order chi connectivity index (χ0) is 12.8. The molecule has 0 spiro atoms. The fraction of sp³-hybridized carbons (Fsp3) is 0.462. The molecule has 0 bridgehead atoms. The SMILES string of the molecule is Cc1ccc(O)c(C(=O)NCCOC(C)C)c1. The van der Waals surface area contributed by atoms with Crippen LogP contribution in [-0.2, 0) is 4.74 Å². The van der Waals surface area contributed by atoms with Crippen LogP contribution in [0.25, 0.3) is 0 Å². The van der Waals surface area contributed by atoms with Gasteiger partial charge in [-0.2, -0.15) is 0 Å². The predicted octanol–water partition coefficient (Wildman–Crippen LogP) is 1.86. The molecule has 94 valence electrons. The van der Waals surface area contributed by atoms with Gasteiger partial charge in [-0.3, -0.25) is 4.79 Å². The van der Waals surface area contributed by atoms with E-state index < -0.39 is 0 Å². The van der Waals surface area contributed by atoms with E-state index >= 15 is 0 Å². The molecule has 1 aromatic carbocycles. The minimum atomic E-state index is -0.279. The van der Waals surface area contributed by atoms with Gasteiger partial charge in [0, 0.05) is 6.54 Å². The lowest BCUT2D eigenvalue weighted by atomic mass is 10.1. The molecule has 0 fully saturated rings. The van der Waals surface area contributed by atoms with E-state index in [1.165, 1.54) is 6.07 Å². The molecule has 0 aliphatic rings. The Hall–Kier alpha value is -1.55. The van der Waals surface area contributed by atoms with Gasteiger partial charge in [-0.1, -0.05) is 11.6 Å². The lowest BCUT2D eigenvalue weighted by molar-refractivity contribution is 0.0745. The number of carbonyl (C=O) groups excluding carboxylic acids is 1. The number of aromatic hydroxyl groups is 1. The van der Waals surface area contributed by atoms with Crippen molar-refractivity contribution in [3.05, 3.63) is 29.3 Å². The Balaban J connectivity index is 2.49. The number of hydrogen-bond donors (Lipinski definition) is 2. The van der Waals surface area contributed by atoms with Crippen LogP contribution >= 0.6 is 0 Å². The molecule has 2 N–H and O–H groups in total. The van der Waals surface area contributed by atoms with E-state index in [-0.39, 0.29) is 17.8 Å². The summed E-state index contributed by atoms with van der Waals surface area (Å²) in [6.07, 6.45) is 0.152. The Morgan fingerprint density at radius 3 is 2.82 bits per heavy atom. The molecule has 0 atom stereocenters. The van der Waals surface area contributed by atoms with Gasteiger partial charge in [0.1, 0.15) is 5.75 Å². The molecule has 0 aliphatic heterocycles. The Morgan fingerprint density at radius 1 is 1.47 bits per heavy atom. The van der Waals surface area contributed by atoms with Crippen LogP contribution in [-0.4, -0.2) is 30.3 Å². The highest BCUT2D eigenvalue weighted by molar-refractivity contribution is 5.96. The molecule has 0 saturated carbocycles. The summed E-state index contributed by atoms with van der Waals surface area (Å²) in [6.45, 7) is 6.65. The van der Waals surface area contributed by atoms with Crippen LogP contribution in [0.1, 0.15) is 29.8 Å². The molecule has 0 radical (unpaired) electrons. The largest absolute Gasteiger partial charge is 0.507 e. The second-order valence-corrected chi connectivity index (χ2v) is 4.20. The van der Waals surface area contributed by atoms with Gasteiger partial charge in [-0.05, 0) is 32.9 Å². The maximum absolute atomic E-state index is 11.7. The minimum Gasteiger partial charge on any atom is -0.507 e. The summed E-state index contributed by atoms with van der Waals surface area (Å²) in [5.74, 6) is -0.281. The molecular formula is C13H19NO3. The monoisotopic (exact) mass is 237 g/mol. The van der Waals surface area contributed by atoms with Crippen molar-refractivity contribution >= 4 is 5.91 Å². The fourth-order valence-corrected chi connectivity index (χ4v) is 1.39. The average Bonchev–Trinajstić information content (AvgIpc) is 2.27. The van der Waals surface area contributed by atoms with Crippen molar-refractivity contribution in [1.82, 2.24) is 5.32 Å². The van der Waals surface area contributed by atoms with Crippen molar-refractivity contribution in [2.45, 2.75) is 26.9 Å². The van der Waals surface area contributed by atoms with Gasteiger partial charge in [0.05, 0.1) is 18.3 Å². The second-order valence-electron chi connectivity index (χ2n) is 4.20. The maximum Gasteiger partial charge on any atom is 0.255 e. The van der Waals surface area contributed by atoms with Crippen molar-refractivity contribution in [1.29, 1.82) is 0 Å². The first-order valence-corrected chi connectivity index (χ1v) is 5.70. The second kappa shape index (κ2) is 6.25. The van der Waals surface area contributed by atoms with Crippen LogP contribution in [0.15, 0.2) is 18.2 Å². The van der Waals surface area contributed by atoms with E-state index in [4.69, 9.17) is 4.74 Å². The Labute approximate surface area is 102 Å². The lowest BCUT2D eigenvalue weighted by Gasteiger charge is -2.09. The van der Waals surface area contributed by atoms with Crippen LogP contribution in [0.3, 0.4) is 0 Å². The normalized spacial score (nSPS) is 10.6. The highest BCUT2D eigenvalue weighted by atomic mass is 16.5. The summed E-state index contributed by atoms with van der Waals surface area (Å²) in [7, 11) is 0. The average molecular weight is 237 g/mol. The maximum atomic E-state index is 11.7. The summed E-state index contributed by atoms with van der Waals surface area (Å²) in [6, 6.07) is 4.94. The molecule has 1 amide bonds. The number of nitrogens with one attached hydrogen (secondary N) is 1. The van der Waals surface area contributed by atoms with Crippen molar-refractivity contribution in [3.63, 3.8) is 0 Å². The first kappa shape index (κ1) is 13.5. The number of carbonyl (C=O) groups is 1. The van der Waals surface area contributed by atoms with Crippen molar-refractivity contribution in [2.75, 3.05) is 13.2 Å². The number of ether oxygens (including phenoxy) is 1. The van der Waals surface area contributed by atoms with Gasteiger partial charge in [0.15, 0.2) is 0 Å². The zero-order valence-corrected chi connectivity index (χ0v) is 10.5. The smallest absolute Gasteiger partial charge is 0.255 e. The molecular weight excluding hydrogens is 218 g/mol. The van der Waals surface area contributed by atoms with Crippen LogP contribution < -0.4 is 5.32 Å². The third kappa shape index (κ3) is 4.44. The standard InChI is InChI=1S/C13H19NO3/c1-9(2)17-7-6-14-13(16)11-8-10(3)4-5-12(11)15/h4-5,8-9,15H,6-7H2,1-3H3,(H,14,16). The van der Waals surface area contributed by atoms with Crippen molar-refractivity contribution in [2.24, 2.45) is 0 Å². The van der Waals surface area contributed by atoms with E-state index in [1.54, 1.807) is 12.1 Å². The fourth-order valence-electron chi connectivity index (χ4n) is 1.39. The summed E-state index contributed by atoms with van der Waals surface area (Å²) in [4.78, 5) is 11.7. The molecule has 4 heteroatoms. The number of amides is 1. The molecule has 0 unspecified atom stereocenters. The van der Waals surface area contributed by atoms with Crippen LogP contribution in [0.5, 0.6) is 5.75 Å². The summed E-state index contributed by atoms with van der Waals surface area (Å²) in [5.41, 5.74) is 1.24. The van der Waals surface area contributed by atoms with E-state index in [9.17, 15) is 9.90 Å². The minimum absolute atomic E-state index is 0.00196. The quantitative estimate of drug-likeness (QED) is 0.768. The van der Waals surface area contributed by atoms with Gasteiger partial charge in [-0.15, -0.1) is 0 Å². The first-order valence-electron chi connectivity index (χ1n) is 5.70. The van der Waals surface area contributed by atoms with Crippen LogP contribution in [0.4, 0.5) is 0 Å². The predicted molar refractivity (Wildman–Crippen MR) is 66.3 cm³/mol. The summed E-state index contributed by atoms with van der Waals surface area (Å²) in [5, 5.41) is 12.3. The molecule has 17 heavy (non-hydrogen) atoms. The van der Waals surface area contributed by atoms with Gasteiger partial charge in [0.2, 0.25) is 0 Å². The summed E-state index contributed by atoms with van der Waals surface area (Å²) >= 11 is 0. The van der Waals surface area contributed by atoms with Gasteiger partial charge in [-0.25, -0.2) is 0 Å². The van der Waals surface area contributed by atoms with Gasteiger partial charge >= 0.3 is 0 Å². The number of phenolic OH excluding ortho intramolecular Hbond substituents is 1. The third-order valence-corrected chi connectivity index (χ3v) is 2.24. The molecule has 1 aromatic rings. The topological polar surface area (TPSA) is 58.6 Å². The van der Waals surface area contributed by atoms with Gasteiger partial charge in [0.25, 0.3) is 5.91 Å². The van der Waals surface area contributed by atoms with E-state index in [0.29, 0.717) is 18.7 Å². The summed E-state index contributed by atoms with van der Waals surface area (Å²) < 4.78 is 5.30. The first-order chi connectivity index (χ1) is 8.00. The molecule has 0 heterocycles. The number of hydrogen-bond acceptors (Lipinski definition) is 3. The Morgan fingerprint density at radius 2 is 2.18 bits per heavy atom. The number of phenols is 1. The molecule has 0 aromatic heterocycles.